The molecule has 1 aromatic heterocycles. The molecule has 0 radical (unpaired) electrons. The summed E-state index contributed by atoms with van der Waals surface area (Å²) >= 11 is 1.11. The summed E-state index contributed by atoms with van der Waals surface area (Å²) in [6.45, 7) is 3.58. The Kier molecular flexibility index (Phi) is 7.72. The minimum Gasteiger partial charge on any atom is -0.449 e. The fourth-order valence-electron chi connectivity index (χ4n) is 3.73. The first-order chi connectivity index (χ1) is 16.8. The van der Waals surface area contributed by atoms with Crippen LogP contribution in [-0.4, -0.2) is 39.5 Å². The number of carbonyl (C=O) groups excluding carboxylic acids is 2. The first-order valence-corrected chi connectivity index (χ1v) is 13.7. The number of benzene rings is 2. The van der Waals surface area contributed by atoms with Crippen LogP contribution in [0.1, 0.15) is 36.5 Å². The topological polar surface area (TPSA) is 105 Å². The number of rotatable bonds is 8. The van der Waals surface area contributed by atoms with Crippen molar-refractivity contribution in [2.24, 2.45) is 0 Å². The molecule has 2 heterocycles. The Morgan fingerprint density at radius 2 is 1.60 bits per heavy atom. The van der Waals surface area contributed by atoms with E-state index in [2.05, 4.69) is 14.9 Å². The number of sulfonamides is 1. The van der Waals surface area contributed by atoms with Gasteiger partial charge in [-0.05, 0) is 86.2 Å². The molecule has 184 valence electrons. The van der Waals surface area contributed by atoms with Crippen LogP contribution in [0.4, 0.5) is 17.1 Å². The molecule has 1 saturated heterocycles. The van der Waals surface area contributed by atoms with E-state index < -0.39 is 28.0 Å². The van der Waals surface area contributed by atoms with Gasteiger partial charge in [-0.15, -0.1) is 11.3 Å². The summed E-state index contributed by atoms with van der Waals surface area (Å²) in [6, 6.07) is 16.6. The molecule has 0 spiro atoms. The van der Waals surface area contributed by atoms with Crippen LogP contribution in [0.3, 0.4) is 0 Å². The first-order valence-electron chi connectivity index (χ1n) is 11.3. The minimum atomic E-state index is -3.68. The highest BCUT2D eigenvalue weighted by Crippen LogP contribution is 2.23. The van der Waals surface area contributed by atoms with Crippen LogP contribution >= 0.6 is 11.3 Å². The van der Waals surface area contributed by atoms with E-state index in [1.807, 2.05) is 24.3 Å². The maximum Gasteiger partial charge on any atom is 0.338 e. The van der Waals surface area contributed by atoms with Crippen molar-refractivity contribution in [3.63, 3.8) is 0 Å². The largest absolute Gasteiger partial charge is 0.449 e. The van der Waals surface area contributed by atoms with E-state index in [-0.39, 0.29) is 9.77 Å². The van der Waals surface area contributed by atoms with Gasteiger partial charge in [-0.3, -0.25) is 9.52 Å². The third-order valence-electron chi connectivity index (χ3n) is 5.64. The highest BCUT2D eigenvalue weighted by atomic mass is 32.2. The molecule has 0 unspecified atom stereocenters. The zero-order chi connectivity index (χ0) is 24.8. The maximum absolute atomic E-state index is 12.5. The number of ether oxygens (including phenoxy) is 1. The van der Waals surface area contributed by atoms with Gasteiger partial charge in [0.05, 0.1) is 5.56 Å². The van der Waals surface area contributed by atoms with Crippen molar-refractivity contribution in [1.82, 2.24) is 0 Å². The quantitative estimate of drug-likeness (QED) is 0.422. The summed E-state index contributed by atoms with van der Waals surface area (Å²) in [7, 11) is -3.68. The molecule has 2 N–H and O–H groups in total. The van der Waals surface area contributed by atoms with Crippen LogP contribution in [-0.2, 0) is 19.6 Å². The molecule has 35 heavy (non-hydrogen) atoms. The van der Waals surface area contributed by atoms with Crippen LogP contribution in [0.25, 0.3) is 0 Å². The number of anilines is 3. The maximum atomic E-state index is 12.5. The zero-order valence-electron chi connectivity index (χ0n) is 19.3. The van der Waals surface area contributed by atoms with Gasteiger partial charge in [0.2, 0.25) is 0 Å². The number of amides is 1. The van der Waals surface area contributed by atoms with E-state index in [9.17, 15) is 18.0 Å². The van der Waals surface area contributed by atoms with Crippen LogP contribution in [0.5, 0.6) is 0 Å². The number of thiophene rings is 1. The molecule has 0 aliphatic carbocycles. The van der Waals surface area contributed by atoms with E-state index >= 15 is 0 Å². The third kappa shape index (κ3) is 6.40. The summed E-state index contributed by atoms with van der Waals surface area (Å²) in [5.41, 5.74) is 2.27. The second-order valence-corrected chi connectivity index (χ2v) is 11.1. The van der Waals surface area contributed by atoms with E-state index in [4.69, 9.17) is 4.74 Å². The van der Waals surface area contributed by atoms with Gasteiger partial charge in [-0.25, -0.2) is 13.2 Å². The highest BCUT2D eigenvalue weighted by molar-refractivity contribution is 7.94. The lowest BCUT2D eigenvalue weighted by Gasteiger charge is -2.28. The minimum absolute atomic E-state index is 0.196. The number of esters is 1. The van der Waals surface area contributed by atoms with Crippen molar-refractivity contribution in [3.8, 4) is 0 Å². The molecule has 2 aromatic carbocycles. The van der Waals surface area contributed by atoms with E-state index in [1.54, 1.807) is 11.4 Å². The molecule has 1 amide bonds. The van der Waals surface area contributed by atoms with Crippen LogP contribution < -0.4 is 14.9 Å². The monoisotopic (exact) mass is 513 g/mol. The Balaban J connectivity index is 1.30. The smallest absolute Gasteiger partial charge is 0.338 e. The molecule has 4 rings (SSSR count). The third-order valence-corrected chi connectivity index (χ3v) is 8.42. The van der Waals surface area contributed by atoms with Crippen LogP contribution in [0.2, 0.25) is 0 Å². The lowest BCUT2D eigenvalue weighted by Crippen LogP contribution is -2.30. The summed E-state index contributed by atoms with van der Waals surface area (Å²) in [5, 5.41) is 4.44. The first kappa shape index (κ1) is 24.7. The molecule has 1 atom stereocenters. The fourth-order valence-corrected chi connectivity index (χ4v) is 5.78. The molecular formula is C25H27N3O5S2. The van der Waals surface area contributed by atoms with E-state index in [0.717, 1.165) is 30.1 Å². The lowest BCUT2D eigenvalue weighted by molar-refractivity contribution is -0.123. The van der Waals surface area contributed by atoms with Crippen LogP contribution in [0, 0.1) is 0 Å². The van der Waals surface area contributed by atoms with E-state index in [1.165, 1.54) is 56.5 Å². The second kappa shape index (κ2) is 10.9. The lowest BCUT2D eigenvalue weighted by atomic mass is 10.1. The molecule has 8 nitrogen and oxygen atoms in total. The second-order valence-electron chi connectivity index (χ2n) is 8.25. The van der Waals surface area contributed by atoms with Crippen molar-refractivity contribution in [3.05, 3.63) is 71.6 Å². The Bertz CT molecular complexity index is 1250. The number of hydrogen-bond acceptors (Lipinski definition) is 7. The molecule has 1 aliphatic rings. The average molecular weight is 514 g/mol. The van der Waals surface area contributed by atoms with Gasteiger partial charge in [0.25, 0.3) is 15.9 Å². The highest BCUT2D eigenvalue weighted by Gasteiger charge is 2.20. The summed E-state index contributed by atoms with van der Waals surface area (Å²) in [6.07, 6.45) is 2.63. The standard InChI is InChI=1S/C25H27N3O5S2/c1-18(24(29)26-20-11-13-22(14-12-20)28-15-3-2-4-16-28)33-25(30)19-7-9-21(10-8-19)27-35(31,32)23-6-5-17-34-23/h5-14,17-18,27H,2-4,15-16H2,1H3,(H,26,29)/t18-/m0/s1. The molecule has 0 saturated carbocycles. The summed E-state index contributed by atoms with van der Waals surface area (Å²) in [4.78, 5) is 27.3. The van der Waals surface area contributed by atoms with Gasteiger partial charge < -0.3 is 15.0 Å². The molecule has 0 bridgehead atoms. The van der Waals surface area contributed by atoms with Crippen molar-refractivity contribution in [2.45, 2.75) is 36.5 Å². The van der Waals surface area contributed by atoms with Gasteiger partial charge in [-0.2, -0.15) is 0 Å². The van der Waals surface area contributed by atoms with Crippen LogP contribution in [0.15, 0.2) is 70.3 Å². The Labute approximate surface area is 209 Å². The molecule has 3 aromatic rings. The number of nitrogens with zero attached hydrogens (tertiary/aromatic N) is 1. The van der Waals surface area contributed by atoms with Gasteiger partial charge >= 0.3 is 5.97 Å². The Morgan fingerprint density at radius 3 is 2.23 bits per heavy atom. The summed E-state index contributed by atoms with van der Waals surface area (Å²) in [5.74, 6) is -1.12. The molecule has 1 fully saturated rings. The fraction of sp³-hybridized carbons (Fsp3) is 0.280. The summed E-state index contributed by atoms with van der Waals surface area (Å²) < 4.78 is 32.6. The van der Waals surface area contributed by atoms with Gasteiger partial charge in [-0.1, -0.05) is 6.07 Å². The Morgan fingerprint density at radius 1 is 0.943 bits per heavy atom. The van der Waals surface area contributed by atoms with Crippen molar-refractivity contribution >= 4 is 50.3 Å². The zero-order valence-corrected chi connectivity index (χ0v) is 20.9. The molecule has 1 aliphatic heterocycles. The number of hydrogen-bond donors (Lipinski definition) is 2. The number of nitrogens with one attached hydrogen (secondary N) is 2. The predicted octanol–water partition coefficient (Wildman–Crippen LogP) is 4.72. The van der Waals surface area contributed by atoms with Gasteiger partial charge in [0.1, 0.15) is 4.21 Å². The number of carbonyl (C=O) groups is 2. The van der Waals surface area contributed by atoms with Gasteiger partial charge in [0, 0.05) is 30.2 Å². The SMILES string of the molecule is C[C@H](OC(=O)c1ccc(NS(=O)(=O)c2cccs2)cc1)C(=O)Nc1ccc(N2CCCCC2)cc1. The average Bonchev–Trinajstić information content (AvgIpc) is 3.41. The van der Waals surface area contributed by atoms with Gasteiger partial charge in [0.15, 0.2) is 6.10 Å². The normalized spacial score (nSPS) is 14.7. The van der Waals surface area contributed by atoms with Crippen molar-refractivity contribution in [1.29, 1.82) is 0 Å². The van der Waals surface area contributed by atoms with E-state index in [0.29, 0.717) is 11.4 Å². The van der Waals surface area contributed by atoms with Crippen molar-refractivity contribution in [2.75, 3.05) is 28.0 Å². The predicted molar refractivity (Wildman–Crippen MR) is 138 cm³/mol. The molecule has 10 heteroatoms. The number of piperidine rings is 1. The Hall–Kier alpha value is -3.37. The van der Waals surface area contributed by atoms with Crippen molar-refractivity contribution < 1.29 is 22.7 Å². The molecular weight excluding hydrogens is 486 g/mol.